The van der Waals surface area contributed by atoms with E-state index in [1.807, 2.05) is 18.2 Å². The molecule has 4 heteroatoms. The quantitative estimate of drug-likeness (QED) is 0.859. The van der Waals surface area contributed by atoms with Gasteiger partial charge in [0.05, 0.1) is 10.0 Å². The van der Waals surface area contributed by atoms with Crippen LogP contribution in [0, 0.1) is 5.92 Å². The van der Waals surface area contributed by atoms with E-state index in [4.69, 9.17) is 23.2 Å². The van der Waals surface area contributed by atoms with Gasteiger partial charge in [-0.05, 0) is 37.7 Å². The molecule has 0 unspecified atom stereocenters. The van der Waals surface area contributed by atoms with Gasteiger partial charge >= 0.3 is 0 Å². The number of hydrogen-bond acceptors (Lipinski definition) is 2. The molecule has 0 fully saturated rings. The van der Waals surface area contributed by atoms with Crippen molar-refractivity contribution < 1.29 is 0 Å². The van der Waals surface area contributed by atoms with Gasteiger partial charge in [-0.1, -0.05) is 43.1 Å². The summed E-state index contributed by atoms with van der Waals surface area (Å²) < 4.78 is 0. The van der Waals surface area contributed by atoms with Crippen molar-refractivity contribution in [3.05, 3.63) is 33.8 Å². The van der Waals surface area contributed by atoms with Gasteiger partial charge in [0.15, 0.2) is 0 Å². The summed E-state index contributed by atoms with van der Waals surface area (Å²) in [6, 6.07) is 6.29. The van der Waals surface area contributed by atoms with E-state index < -0.39 is 0 Å². The van der Waals surface area contributed by atoms with Gasteiger partial charge in [0.2, 0.25) is 0 Å². The van der Waals surface area contributed by atoms with Gasteiger partial charge in [0.25, 0.3) is 0 Å². The third kappa shape index (κ3) is 4.77. The first kappa shape index (κ1) is 15.8. The van der Waals surface area contributed by atoms with Crippen molar-refractivity contribution >= 4 is 23.2 Å². The fourth-order valence-electron chi connectivity index (χ4n) is 2.03. The van der Waals surface area contributed by atoms with E-state index in [-0.39, 0.29) is 0 Å². The Labute approximate surface area is 120 Å². The van der Waals surface area contributed by atoms with E-state index in [1.165, 1.54) is 0 Å². The van der Waals surface area contributed by atoms with E-state index in [0.717, 1.165) is 18.7 Å². The molecule has 1 N–H and O–H groups in total. The van der Waals surface area contributed by atoms with E-state index in [2.05, 4.69) is 38.2 Å². The summed E-state index contributed by atoms with van der Waals surface area (Å²) in [6.45, 7) is 6.26. The molecule has 0 radical (unpaired) electrons. The van der Waals surface area contributed by atoms with Crippen LogP contribution in [-0.4, -0.2) is 31.6 Å². The number of nitrogens with zero attached hydrogens (tertiary/aromatic N) is 1. The predicted molar refractivity (Wildman–Crippen MR) is 80.5 cm³/mol. The van der Waals surface area contributed by atoms with Crippen molar-refractivity contribution in [3.8, 4) is 0 Å². The first-order valence-electron chi connectivity index (χ1n) is 6.23. The summed E-state index contributed by atoms with van der Waals surface area (Å²) in [6.07, 6.45) is 0. The molecule has 0 amide bonds. The van der Waals surface area contributed by atoms with Crippen LogP contribution in [0.5, 0.6) is 0 Å². The minimum absolute atomic E-state index is 0.535. The van der Waals surface area contributed by atoms with Crippen molar-refractivity contribution in [1.29, 1.82) is 0 Å². The Morgan fingerprint density at radius 1 is 1.17 bits per heavy atom. The van der Waals surface area contributed by atoms with Crippen LogP contribution in [0.2, 0.25) is 10.0 Å². The van der Waals surface area contributed by atoms with Gasteiger partial charge in [-0.3, -0.25) is 0 Å². The Morgan fingerprint density at radius 3 is 2.33 bits per heavy atom. The van der Waals surface area contributed by atoms with Crippen LogP contribution in [0.25, 0.3) is 0 Å². The highest BCUT2D eigenvalue weighted by Crippen LogP contribution is 2.22. The van der Waals surface area contributed by atoms with Crippen LogP contribution >= 0.6 is 23.2 Å². The Kier molecular flexibility index (Phi) is 6.44. The third-order valence-electron chi connectivity index (χ3n) is 3.10. The largest absolute Gasteiger partial charge is 0.311 e. The normalized spacial score (nSPS) is 13.3. The van der Waals surface area contributed by atoms with Gasteiger partial charge < -0.3 is 10.2 Å². The molecule has 1 rings (SSSR count). The number of nitrogens with one attached hydrogen (secondary N) is 1. The molecule has 1 aromatic rings. The summed E-state index contributed by atoms with van der Waals surface area (Å²) in [5.74, 6) is 0.626. The number of likely N-dealkylation sites (N-methyl/N-ethyl adjacent to an activating group) is 1. The maximum absolute atomic E-state index is 5.99. The van der Waals surface area contributed by atoms with Gasteiger partial charge in [-0.25, -0.2) is 0 Å². The molecule has 0 saturated heterocycles. The molecule has 0 aromatic heterocycles. The van der Waals surface area contributed by atoms with Crippen molar-refractivity contribution in [1.82, 2.24) is 10.2 Å². The summed E-state index contributed by atoms with van der Waals surface area (Å²) in [4.78, 5) is 2.26. The highest BCUT2D eigenvalue weighted by molar-refractivity contribution is 6.42. The predicted octanol–water partition coefficient (Wildman–Crippen LogP) is 3.67. The van der Waals surface area contributed by atoms with Gasteiger partial charge in [0.1, 0.15) is 0 Å². The number of hydrogen-bond donors (Lipinski definition) is 1. The Hall–Kier alpha value is -0.280. The molecule has 18 heavy (non-hydrogen) atoms. The fraction of sp³-hybridized carbons (Fsp3) is 0.571. The monoisotopic (exact) mass is 288 g/mol. The number of benzene rings is 1. The van der Waals surface area contributed by atoms with E-state index in [0.29, 0.717) is 22.0 Å². The van der Waals surface area contributed by atoms with E-state index >= 15 is 0 Å². The molecule has 0 aliphatic carbocycles. The molecule has 0 heterocycles. The molecule has 2 nitrogen and oxygen atoms in total. The number of halogens is 2. The topological polar surface area (TPSA) is 15.3 Å². The van der Waals surface area contributed by atoms with Gasteiger partial charge in [0, 0.05) is 19.1 Å². The lowest BCUT2D eigenvalue weighted by molar-refractivity contribution is 0.224. The molecule has 1 aromatic carbocycles. The Morgan fingerprint density at radius 2 is 1.83 bits per heavy atom. The Balaban J connectivity index is 2.47. The van der Waals surface area contributed by atoms with Gasteiger partial charge in [-0.2, -0.15) is 0 Å². The summed E-state index contributed by atoms with van der Waals surface area (Å²) >= 11 is 11.9. The van der Waals surface area contributed by atoms with Crippen molar-refractivity contribution in [2.75, 3.05) is 20.6 Å². The highest BCUT2D eigenvalue weighted by atomic mass is 35.5. The van der Waals surface area contributed by atoms with Crippen molar-refractivity contribution in [2.24, 2.45) is 5.92 Å². The van der Waals surface area contributed by atoms with Gasteiger partial charge in [-0.15, -0.1) is 0 Å². The maximum Gasteiger partial charge on any atom is 0.0595 e. The average Bonchev–Trinajstić information content (AvgIpc) is 2.28. The lowest BCUT2D eigenvalue weighted by Gasteiger charge is -2.28. The third-order valence-corrected chi connectivity index (χ3v) is 3.84. The fourth-order valence-corrected chi connectivity index (χ4v) is 2.35. The molecule has 102 valence electrons. The molecule has 1 atom stereocenters. The number of rotatable bonds is 6. The average molecular weight is 289 g/mol. The van der Waals surface area contributed by atoms with E-state index in [1.54, 1.807) is 0 Å². The molecular weight excluding hydrogens is 267 g/mol. The van der Waals surface area contributed by atoms with Crippen molar-refractivity contribution in [3.63, 3.8) is 0 Å². The second-order valence-corrected chi connectivity index (χ2v) is 5.97. The molecule has 0 aliphatic rings. The zero-order chi connectivity index (χ0) is 13.7. The maximum atomic E-state index is 5.99. The lowest BCUT2D eigenvalue weighted by Crippen LogP contribution is -2.41. The molecule has 0 spiro atoms. The SMILES string of the molecule is CC(C)[C@H](CNCc1ccc(Cl)c(Cl)c1)N(C)C. The molecular formula is C14H22Cl2N2. The highest BCUT2D eigenvalue weighted by Gasteiger charge is 2.14. The van der Waals surface area contributed by atoms with Crippen LogP contribution < -0.4 is 5.32 Å². The van der Waals surface area contributed by atoms with Crippen LogP contribution in [0.3, 0.4) is 0 Å². The standard InChI is InChI=1S/C14H22Cl2N2/c1-10(2)14(18(3)4)9-17-8-11-5-6-12(15)13(16)7-11/h5-7,10,14,17H,8-9H2,1-4H3/t14-/m0/s1. The summed E-state index contributed by atoms with van der Waals surface area (Å²) in [7, 11) is 4.23. The second kappa shape index (κ2) is 7.34. The Bertz CT molecular complexity index is 370. The molecule has 0 aliphatic heterocycles. The smallest absolute Gasteiger partial charge is 0.0595 e. The van der Waals surface area contributed by atoms with Crippen LogP contribution in [0.4, 0.5) is 0 Å². The second-order valence-electron chi connectivity index (χ2n) is 5.15. The van der Waals surface area contributed by atoms with Crippen molar-refractivity contribution in [2.45, 2.75) is 26.4 Å². The minimum atomic E-state index is 0.535. The zero-order valence-electron chi connectivity index (χ0n) is 11.5. The summed E-state index contributed by atoms with van der Waals surface area (Å²) in [5, 5.41) is 4.69. The van der Waals surface area contributed by atoms with Crippen LogP contribution in [0.15, 0.2) is 18.2 Å². The van der Waals surface area contributed by atoms with Crippen LogP contribution in [0.1, 0.15) is 19.4 Å². The van der Waals surface area contributed by atoms with E-state index in [9.17, 15) is 0 Å². The summed E-state index contributed by atoms with van der Waals surface area (Å²) in [5.41, 5.74) is 1.16. The van der Waals surface area contributed by atoms with Crippen LogP contribution in [-0.2, 0) is 6.54 Å². The first-order chi connectivity index (χ1) is 8.41. The molecule has 0 saturated carbocycles. The lowest BCUT2D eigenvalue weighted by atomic mass is 10.0. The minimum Gasteiger partial charge on any atom is -0.311 e. The first-order valence-corrected chi connectivity index (χ1v) is 6.98. The molecule has 0 bridgehead atoms. The zero-order valence-corrected chi connectivity index (χ0v) is 13.0.